The van der Waals surface area contributed by atoms with Crippen LogP contribution in [0.25, 0.3) is 0 Å². The number of benzene rings is 2. The normalized spacial score (nSPS) is 15.4. The monoisotopic (exact) mass is 426 g/mol. The van der Waals surface area contributed by atoms with Crippen molar-refractivity contribution in [2.24, 2.45) is 0 Å². The summed E-state index contributed by atoms with van der Waals surface area (Å²) >= 11 is 5.96. The van der Waals surface area contributed by atoms with Crippen LogP contribution in [0, 0.1) is 0 Å². The third-order valence-electron chi connectivity index (χ3n) is 5.87. The molecule has 160 valence electrons. The van der Waals surface area contributed by atoms with Crippen LogP contribution in [-0.4, -0.2) is 35.3 Å². The summed E-state index contributed by atoms with van der Waals surface area (Å²) in [7, 11) is 0. The van der Waals surface area contributed by atoms with E-state index in [-0.39, 0.29) is 24.3 Å². The zero-order valence-corrected chi connectivity index (χ0v) is 18.4. The molecule has 4 nitrogen and oxygen atoms in total. The average Bonchev–Trinajstić information content (AvgIpc) is 2.77. The molecule has 1 atom stereocenters. The Balaban J connectivity index is 1.68. The van der Waals surface area contributed by atoms with Gasteiger partial charge < -0.3 is 10.2 Å². The lowest BCUT2D eigenvalue weighted by Gasteiger charge is -2.31. The van der Waals surface area contributed by atoms with E-state index in [1.807, 2.05) is 37.3 Å². The van der Waals surface area contributed by atoms with Crippen LogP contribution in [0.1, 0.15) is 50.2 Å². The van der Waals surface area contributed by atoms with Crippen molar-refractivity contribution in [3.8, 4) is 0 Å². The number of halogens is 1. The molecular weight excluding hydrogens is 396 g/mol. The van der Waals surface area contributed by atoms with Gasteiger partial charge in [0, 0.05) is 17.6 Å². The summed E-state index contributed by atoms with van der Waals surface area (Å²) in [6.07, 6.45) is 6.59. The second-order valence-corrected chi connectivity index (χ2v) is 8.58. The van der Waals surface area contributed by atoms with Gasteiger partial charge in [-0.25, -0.2) is 0 Å². The molecule has 0 saturated heterocycles. The van der Waals surface area contributed by atoms with Crippen molar-refractivity contribution in [2.45, 2.75) is 64.0 Å². The van der Waals surface area contributed by atoms with E-state index >= 15 is 0 Å². The average molecular weight is 427 g/mol. The minimum absolute atomic E-state index is 0.0421. The Labute approximate surface area is 184 Å². The third kappa shape index (κ3) is 6.60. The van der Waals surface area contributed by atoms with E-state index in [1.54, 1.807) is 17.0 Å². The van der Waals surface area contributed by atoms with Gasteiger partial charge in [-0.15, -0.1) is 0 Å². The van der Waals surface area contributed by atoms with Crippen LogP contribution in [-0.2, 0) is 22.4 Å². The molecule has 1 saturated carbocycles. The standard InChI is InChI=1S/C25H31ClN2O2/c1-19(25(30)27-23-10-6-3-7-11-23)28(17-16-20-8-4-2-5-9-20)24(29)18-21-12-14-22(26)15-13-21/h2,4-5,8-9,12-15,19,23H,3,6-7,10-11,16-18H2,1H3,(H,27,30)/t19-/m0/s1. The predicted octanol–water partition coefficient (Wildman–Crippen LogP) is 4.79. The zero-order chi connectivity index (χ0) is 21.3. The maximum atomic E-state index is 13.2. The van der Waals surface area contributed by atoms with Crippen LogP contribution in [0.15, 0.2) is 54.6 Å². The number of carbonyl (C=O) groups excluding carboxylic acids is 2. The molecule has 30 heavy (non-hydrogen) atoms. The molecule has 2 aromatic rings. The molecule has 0 unspecified atom stereocenters. The molecule has 0 radical (unpaired) electrons. The van der Waals surface area contributed by atoms with Gasteiger partial charge in [-0.2, -0.15) is 0 Å². The lowest BCUT2D eigenvalue weighted by atomic mass is 9.95. The smallest absolute Gasteiger partial charge is 0.242 e. The number of rotatable bonds is 8. The maximum absolute atomic E-state index is 13.2. The zero-order valence-electron chi connectivity index (χ0n) is 17.6. The Bertz CT molecular complexity index is 817. The molecule has 3 rings (SSSR count). The Morgan fingerprint density at radius 3 is 2.33 bits per heavy atom. The van der Waals surface area contributed by atoms with Crippen LogP contribution >= 0.6 is 11.6 Å². The summed E-state index contributed by atoms with van der Waals surface area (Å²) in [5.41, 5.74) is 2.05. The molecule has 5 heteroatoms. The summed E-state index contributed by atoms with van der Waals surface area (Å²) in [4.78, 5) is 27.8. The van der Waals surface area contributed by atoms with Gasteiger partial charge in [-0.1, -0.05) is 73.3 Å². The first-order valence-corrected chi connectivity index (χ1v) is 11.3. The first-order chi connectivity index (χ1) is 14.5. The van der Waals surface area contributed by atoms with E-state index in [4.69, 9.17) is 11.6 Å². The molecule has 2 amide bonds. The Morgan fingerprint density at radius 2 is 1.67 bits per heavy atom. The van der Waals surface area contributed by atoms with Gasteiger partial charge in [0.25, 0.3) is 0 Å². The highest BCUT2D eigenvalue weighted by atomic mass is 35.5. The van der Waals surface area contributed by atoms with Crippen molar-refractivity contribution >= 4 is 23.4 Å². The first-order valence-electron chi connectivity index (χ1n) is 10.9. The number of hydrogen-bond acceptors (Lipinski definition) is 2. The fourth-order valence-electron chi connectivity index (χ4n) is 4.02. The summed E-state index contributed by atoms with van der Waals surface area (Å²) in [6, 6.07) is 17.1. The van der Waals surface area contributed by atoms with E-state index in [9.17, 15) is 9.59 Å². The van der Waals surface area contributed by atoms with E-state index < -0.39 is 6.04 Å². The van der Waals surface area contributed by atoms with Crippen molar-refractivity contribution in [2.75, 3.05) is 6.54 Å². The van der Waals surface area contributed by atoms with Crippen molar-refractivity contribution in [1.29, 1.82) is 0 Å². The van der Waals surface area contributed by atoms with Crippen molar-refractivity contribution in [1.82, 2.24) is 10.2 Å². The topological polar surface area (TPSA) is 49.4 Å². The number of nitrogens with one attached hydrogen (secondary N) is 1. The van der Waals surface area contributed by atoms with Gasteiger partial charge in [-0.05, 0) is 49.4 Å². The molecule has 0 bridgehead atoms. The third-order valence-corrected chi connectivity index (χ3v) is 6.12. The van der Waals surface area contributed by atoms with E-state index in [0.717, 1.165) is 36.8 Å². The quantitative estimate of drug-likeness (QED) is 0.659. The number of amides is 2. The Hall–Kier alpha value is -2.33. The van der Waals surface area contributed by atoms with E-state index in [1.165, 1.54) is 6.42 Å². The van der Waals surface area contributed by atoms with Crippen molar-refractivity contribution in [3.05, 3.63) is 70.7 Å². The van der Waals surface area contributed by atoms with Gasteiger partial charge in [0.1, 0.15) is 6.04 Å². The van der Waals surface area contributed by atoms with Gasteiger partial charge >= 0.3 is 0 Å². The van der Waals surface area contributed by atoms with Gasteiger partial charge in [0.05, 0.1) is 6.42 Å². The fraction of sp³-hybridized carbons (Fsp3) is 0.440. The second kappa shape index (κ2) is 11.2. The van der Waals surface area contributed by atoms with Crippen LogP contribution in [0.2, 0.25) is 5.02 Å². The number of hydrogen-bond donors (Lipinski definition) is 1. The number of nitrogens with zero attached hydrogens (tertiary/aromatic N) is 1. The molecule has 1 aliphatic rings. The molecule has 0 heterocycles. The van der Waals surface area contributed by atoms with Gasteiger partial charge in [0.15, 0.2) is 0 Å². The summed E-state index contributed by atoms with van der Waals surface area (Å²) in [6.45, 7) is 2.35. The molecule has 2 aromatic carbocycles. The lowest BCUT2D eigenvalue weighted by Crippen LogP contribution is -2.51. The SMILES string of the molecule is C[C@@H](C(=O)NC1CCCCC1)N(CCc1ccccc1)C(=O)Cc1ccc(Cl)cc1. The van der Waals surface area contributed by atoms with E-state index in [0.29, 0.717) is 18.0 Å². The second-order valence-electron chi connectivity index (χ2n) is 8.15. The Morgan fingerprint density at radius 1 is 1.00 bits per heavy atom. The minimum Gasteiger partial charge on any atom is -0.352 e. The largest absolute Gasteiger partial charge is 0.352 e. The van der Waals surface area contributed by atoms with E-state index in [2.05, 4.69) is 17.4 Å². The van der Waals surface area contributed by atoms with Crippen LogP contribution in [0.5, 0.6) is 0 Å². The highest BCUT2D eigenvalue weighted by Gasteiger charge is 2.27. The highest BCUT2D eigenvalue weighted by Crippen LogP contribution is 2.18. The van der Waals surface area contributed by atoms with Crippen LogP contribution in [0.4, 0.5) is 0 Å². The molecule has 0 aromatic heterocycles. The predicted molar refractivity (Wildman–Crippen MR) is 121 cm³/mol. The van der Waals surface area contributed by atoms with Gasteiger partial charge in [0.2, 0.25) is 11.8 Å². The maximum Gasteiger partial charge on any atom is 0.242 e. The molecule has 1 fully saturated rings. The minimum atomic E-state index is -0.504. The molecular formula is C25H31ClN2O2. The highest BCUT2D eigenvalue weighted by molar-refractivity contribution is 6.30. The van der Waals surface area contributed by atoms with Crippen molar-refractivity contribution in [3.63, 3.8) is 0 Å². The molecule has 0 aliphatic heterocycles. The Kier molecular flexibility index (Phi) is 8.32. The molecule has 0 spiro atoms. The summed E-state index contributed by atoms with van der Waals surface area (Å²) in [5.74, 6) is -0.0982. The molecule has 1 aliphatic carbocycles. The number of carbonyl (C=O) groups is 2. The fourth-order valence-corrected chi connectivity index (χ4v) is 4.14. The van der Waals surface area contributed by atoms with Crippen LogP contribution < -0.4 is 5.32 Å². The summed E-state index contributed by atoms with van der Waals surface area (Å²) < 4.78 is 0. The lowest BCUT2D eigenvalue weighted by molar-refractivity contribution is -0.139. The van der Waals surface area contributed by atoms with Crippen LogP contribution in [0.3, 0.4) is 0 Å². The van der Waals surface area contributed by atoms with Crippen molar-refractivity contribution < 1.29 is 9.59 Å². The molecule has 1 N–H and O–H groups in total. The van der Waals surface area contributed by atoms with Gasteiger partial charge in [-0.3, -0.25) is 9.59 Å². The summed E-state index contributed by atoms with van der Waals surface area (Å²) in [5, 5.41) is 3.82. The first kappa shape index (κ1) is 22.4.